The molecular formula is C3H7NOS. The molecule has 2 N–H and O–H groups in total. The lowest BCUT2D eigenvalue weighted by atomic mass is 11.0. The summed E-state index contributed by atoms with van der Waals surface area (Å²) in [4.78, 5) is 2.05. The second kappa shape index (κ2) is 1.82. The van der Waals surface area contributed by atoms with Crippen LogP contribution in [-0.4, -0.2) is 10.5 Å². The minimum Gasteiger partial charge on any atom is -0.306 e. The highest BCUT2D eigenvalue weighted by atomic mass is 32.2. The van der Waals surface area contributed by atoms with Gasteiger partial charge in [0.1, 0.15) is 0 Å². The number of hydrogen-bond acceptors (Lipinski definition) is 3. The highest BCUT2D eigenvalue weighted by Crippen LogP contribution is 2.31. The van der Waals surface area contributed by atoms with E-state index in [9.17, 15) is 0 Å². The standard InChI is InChI=1S/C3H7NOS/c5-4-6-3-1-2-3/h3-5H,1-2H2. The van der Waals surface area contributed by atoms with E-state index in [1.54, 1.807) is 0 Å². The highest BCUT2D eigenvalue weighted by Gasteiger charge is 2.21. The molecule has 3 heteroatoms. The average Bonchev–Trinajstić information content (AvgIpc) is 2.21. The van der Waals surface area contributed by atoms with Crippen molar-refractivity contribution in [1.29, 1.82) is 0 Å². The van der Waals surface area contributed by atoms with Crippen molar-refractivity contribution in [2.45, 2.75) is 18.1 Å². The molecule has 1 fully saturated rings. The van der Waals surface area contributed by atoms with Gasteiger partial charge in [0.25, 0.3) is 0 Å². The molecule has 0 aromatic heterocycles. The van der Waals surface area contributed by atoms with Crippen molar-refractivity contribution in [3.8, 4) is 0 Å². The van der Waals surface area contributed by atoms with Gasteiger partial charge in [0.15, 0.2) is 0 Å². The molecule has 0 saturated heterocycles. The van der Waals surface area contributed by atoms with Gasteiger partial charge in [0.2, 0.25) is 0 Å². The molecular weight excluding hydrogens is 98.1 g/mol. The van der Waals surface area contributed by atoms with Crippen LogP contribution in [0.4, 0.5) is 0 Å². The topological polar surface area (TPSA) is 32.3 Å². The monoisotopic (exact) mass is 105 g/mol. The zero-order valence-electron chi connectivity index (χ0n) is 3.35. The fourth-order valence-corrected chi connectivity index (χ4v) is 0.781. The van der Waals surface area contributed by atoms with Crippen LogP contribution in [0.15, 0.2) is 0 Å². The summed E-state index contributed by atoms with van der Waals surface area (Å²) < 4.78 is 0. The zero-order chi connectivity index (χ0) is 4.41. The molecule has 0 unspecified atom stereocenters. The zero-order valence-corrected chi connectivity index (χ0v) is 4.16. The summed E-state index contributed by atoms with van der Waals surface area (Å²) in [6, 6.07) is 0. The van der Waals surface area contributed by atoms with E-state index >= 15 is 0 Å². The lowest BCUT2D eigenvalue weighted by molar-refractivity contribution is 0.258. The van der Waals surface area contributed by atoms with Crippen LogP contribution in [-0.2, 0) is 0 Å². The molecule has 0 radical (unpaired) electrons. The average molecular weight is 105 g/mol. The van der Waals surface area contributed by atoms with Crippen molar-refractivity contribution in [1.82, 2.24) is 4.89 Å². The van der Waals surface area contributed by atoms with Crippen molar-refractivity contribution in [3.05, 3.63) is 0 Å². The van der Waals surface area contributed by atoms with Crippen molar-refractivity contribution in [3.63, 3.8) is 0 Å². The van der Waals surface area contributed by atoms with Crippen LogP contribution in [0.5, 0.6) is 0 Å². The van der Waals surface area contributed by atoms with Gasteiger partial charge >= 0.3 is 0 Å². The highest BCUT2D eigenvalue weighted by molar-refractivity contribution is 7.98. The van der Waals surface area contributed by atoms with Crippen LogP contribution < -0.4 is 4.89 Å². The first-order chi connectivity index (χ1) is 2.93. The largest absolute Gasteiger partial charge is 0.306 e. The number of nitrogens with one attached hydrogen (secondary N) is 1. The lowest BCUT2D eigenvalue weighted by Crippen LogP contribution is -1.93. The van der Waals surface area contributed by atoms with Gasteiger partial charge in [-0.3, -0.25) is 0 Å². The summed E-state index contributed by atoms with van der Waals surface area (Å²) >= 11 is 1.40. The van der Waals surface area contributed by atoms with Crippen LogP contribution in [0.1, 0.15) is 12.8 Å². The molecule has 36 valence electrons. The minimum atomic E-state index is 0.704. The van der Waals surface area contributed by atoms with Gasteiger partial charge in [-0.1, -0.05) is 11.9 Å². The number of rotatable bonds is 2. The van der Waals surface area contributed by atoms with Gasteiger partial charge in [-0.2, -0.15) is 0 Å². The summed E-state index contributed by atoms with van der Waals surface area (Å²) in [5.41, 5.74) is 0. The molecule has 2 nitrogen and oxygen atoms in total. The summed E-state index contributed by atoms with van der Waals surface area (Å²) in [5, 5.41) is 8.69. The summed E-state index contributed by atoms with van der Waals surface area (Å²) in [7, 11) is 0. The Morgan fingerprint density at radius 2 is 2.33 bits per heavy atom. The Bertz CT molecular complexity index is 46.1. The van der Waals surface area contributed by atoms with Crippen LogP contribution in [0.2, 0.25) is 0 Å². The molecule has 1 aliphatic carbocycles. The Balaban J connectivity index is 1.88. The molecule has 1 aliphatic rings. The smallest absolute Gasteiger partial charge is 0.0215 e. The van der Waals surface area contributed by atoms with Gasteiger partial charge in [0.05, 0.1) is 0 Å². The normalized spacial score (nSPS) is 21.5. The number of hydrogen-bond donors (Lipinski definition) is 2. The first-order valence-corrected chi connectivity index (χ1v) is 2.86. The molecule has 0 aliphatic heterocycles. The van der Waals surface area contributed by atoms with Gasteiger partial charge in [-0.15, -0.1) is 4.89 Å². The van der Waals surface area contributed by atoms with Crippen LogP contribution in [0.3, 0.4) is 0 Å². The second-order valence-corrected chi connectivity index (χ2v) is 2.49. The molecule has 0 amide bonds. The summed E-state index contributed by atoms with van der Waals surface area (Å²) in [6.45, 7) is 0. The Labute approximate surface area is 41.0 Å². The summed E-state index contributed by atoms with van der Waals surface area (Å²) in [5.74, 6) is 0. The van der Waals surface area contributed by atoms with E-state index in [0.29, 0.717) is 5.25 Å². The van der Waals surface area contributed by atoms with Crippen molar-refractivity contribution in [2.24, 2.45) is 0 Å². The maximum Gasteiger partial charge on any atom is 0.0215 e. The predicted molar refractivity (Wildman–Crippen MR) is 25.5 cm³/mol. The molecule has 0 atom stereocenters. The third-order valence-electron chi connectivity index (χ3n) is 0.744. The molecule has 1 saturated carbocycles. The van der Waals surface area contributed by atoms with E-state index in [-0.39, 0.29) is 0 Å². The van der Waals surface area contributed by atoms with Gasteiger partial charge < -0.3 is 5.21 Å². The Morgan fingerprint density at radius 1 is 1.67 bits per heavy atom. The molecule has 0 aromatic carbocycles. The first-order valence-electron chi connectivity index (χ1n) is 1.98. The quantitative estimate of drug-likeness (QED) is 0.402. The van der Waals surface area contributed by atoms with Crippen molar-refractivity contribution >= 4 is 11.9 Å². The van der Waals surface area contributed by atoms with Crippen molar-refractivity contribution < 1.29 is 5.21 Å². The SMILES string of the molecule is ONSC1CC1. The second-order valence-electron chi connectivity index (χ2n) is 1.41. The van der Waals surface area contributed by atoms with Gasteiger partial charge in [-0.25, -0.2) is 0 Å². The third kappa shape index (κ3) is 1.16. The van der Waals surface area contributed by atoms with Crippen LogP contribution in [0.25, 0.3) is 0 Å². The van der Waals surface area contributed by atoms with Crippen molar-refractivity contribution in [2.75, 3.05) is 0 Å². The summed E-state index contributed by atoms with van der Waals surface area (Å²) in [6.07, 6.45) is 2.52. The van der Waals surface area contributed by atoms with E-state index < -0.39 is 0 Å². The molecule has 0 bridgehead atoms. The van der Waals surface area contributed by atoms with E-state index in [0.717, 1.165) is 0 Å². The van der Waals surface area contributed by atoms with Crippen LogP contribution >= 0.6 is 11.9 Å². The Morgan fingerprint density at radius 3 is 2.50 bits per heavy atom. The maximum atomic E-state index is 7.99. The minimum absolute atomic E-state index is 0.704. The van der Waals surface area contributed by atoms with Gasteiger partial charge in [-0.05, 0) is 12.8 Å². The van der Waals surface area contributed by atoms with E-state index in [4.69, 9.17) is 5.21 Å². The van der Waals surface area contributed by atoms with Crippen LogP contribution in [0, 0.1) is 0 Å². The Kier molecular flexibility index (Phi) is 1.34. The fraction of sp³-hybridized carbons (Fsp3) is 1.00. The predicted octanol–water partition coefficient (Wildman–Crippen LogP) is 0.776. The molecule has 0 heterocycles. The third-order valence-corrected chi connectivity index (χ3v) is 1.65. The fourth-order valence-electron chi connectivity index (χ4n) is 0.260. The molecule has 0 spiro atoms. The van der Waals surface area contributed by atoms with E-state index in [1.807, 2.05) is 4.89 Å². The lowest BCUT2D eigenvalue weighted by Gasteiger charge is -1.85. The first kappa shape index (κ1) is 4.43. The van der Waals surface area contributed by atoms with E-state index in [1.165, 1.54) is 24.8 Å². The molecule has 0 aromatic rings. The maximum absolute atomic E-state index is 7.99. The van der Waals surface area contributed by atoms with Gasteiger partial charge in [0, 0.05) is 5.25 Å². The van der Waals surface area contributed by atoms with E-state index in [2.05, 4.69) is 0 Å². The Hall–Kier alpha value is 0.270. The molecule has 1 rings (SSSR count). The molecule has 6 heavy (non-hydrogen) atoms.